The number of hydrogen-bond acceptors (Lipinski definition) is 4. The van der Waals surface area contributed by atoms with Crippen molar-refractivity contribution in [1.29, 1.82) is 0 Å². The van der Waals surface area contributed by atoms with Crippen molar-refractivity contribution >= 4 is 11.8 Å². The summed E-state index contributed by atoms with van der Waals surface area (Å²) in [4.78, 5) is 14.3. The number of aromatic nitrogens is 1. The molecule has 0 saturated carbocycles. The molecule has 2 atom stereocenters. The van der Waals surface area contributed by atoms with Crippen molar-refractivity contribution in [2.24, 2.45) is 10.9 Å². The molecule has 2 aliphatic rings. The lowest BCUT2D eigenvalue weighted by Crippen LogP contribution is -2.41. The lowest BCUT2D eigenvalue weighted by Gasteiger charge is -2.32. The third kappa shape index (κ3) is 5.97. The van der Waals surface area contributed by atoms with Crippen molar-refractivity contribution in [3.63, 3.8) is 0 Å². The van der Waals surface area contributed by atoms with E-state index in [0.717, 1.165) is 57.5 Å². The number of pyridine rings is 1. The molecule has 2 fully saturated rings. The molecule has 2 saturated heterocycles. The molecule has 0 radical (unpaired) electrons. The van der Waals surface area contributed by atoms with Gasteiger partial charge in [-0.3, -0.25) is 0 Å². The maximum absolute atomic E-state index is 5.66. The highest BCUT2D eigenvalue weighted by Crippen LogP contribution is 2.21. The number of hydrogen-bond donors (Lipinski definition) is 1. The Bertz CT molecular complexity index is 856. The molecular formula is C25H35N5O. The molecule has 0 bridgehead atoms. The Morgan fingerprint density at radius 3 is 2.84 bits per heavy atom. The van der Waals surface area contributed by atoms with Gasteiger partial charge in [0.1, 0.15) is 5.82 Å². The molecular weight excluding hydrogens is 386 g/mol. The van der Waals surface area contributed by atoms with Gasteiger partial charge in [-0.2, -0.15) is 0 Å². The minimum absolute atomic E-state index is 0.247. The number of ether oxygens (including phenoxy) is 1. The van der Waals surface area contributed by atoms with Crippen LogP contribution in [-0.4, -0.2) is 61.3 Å². The van der Waals surface area contributed by atoms with E-state index in [1.807, 2.05) is 6.20 Å². The van der Waals surface area contributed by atoms with E-state index in [1.165, 1.54) is 17.5 Å². The molecule has 0 amide bonds. The first kappa shape index (κ1) is 21.6. The van der Waals surface area contributed by atoms with Crippen molar-refractivity contribution in [3.05, 3.63) is 59.8 Å². The van der Waals surface area contributed by atoms with Gasteiger partial charge in [0.25, 0.3) is 0 Å². The largest absolute Gasteiger partial charge is 0.375 e. The van der Waals surface area contributed by atoms with Crippen molar-refractivity contribution in [1.82, 2.24) is 15.2 Å². The molecule has 6 heteroatoms. The van der Waals surface area contributed by atoms with E-state index >= 15 is 0 Å². The van der Waals surface area contributed by atoms with Crippen LogP contribution in [0.1, 0.15) is 31.4 Å². The first-order valence-corrected chi connectivity index (χ1v) is 11.6. The average molecular weight is 422 g/mol. The zero-order valence-electron chi connectivity index (χ0n) is 18.8. The van der Waals surface area contributed by atoms with E-state index in [9.17, 15) is 0 Å². The number of benzene rings is 1. The van der Waals surface area contributed by atoms with Crippen LogP contribution >= 0.6 is 0 Å². The van der Waals surface area contributed by atoms with E-state index in [-0.39, 0.29) is 6.10 Å². The van der Waals surface area contributed by atoms with Crippen LogP contribution in [0.15, 0.2) is 53.7 Å². The van der Waals surface area contributed by atoms with Gasteiger partial charge in [-0.25, -0.2) is 9.98 Å². The van der Waals surface area contributed by atoms with Gasteiger partial charge in [0, 0.05) is 38.9 Å². The molecule has 2 unspecified atom stereocenters. The third-order valence-electron chi connectivity index (χ3n) is 6.07. The topological polar surface area (TPSA) is 53.0 Å². The van der Waals surface area contributed by atoms with E-state index in [0.29, 0.717) is 12.5 Å². The number of anilines is 1. The number of morpholine rings is 1. The lowest BCUT2D eigenvalue weighted by molar-refractivity contribution is 0.0529. The first-order valence-electron chi connectivity index (χ1n) is 11.6. The molecule has 3 heterocycles. The molecule has 1 N–H and O–H groups in total. The van der Waals surface area contributed by atoms with Gasteiger partial charge in [0.05, 0.1) is 19.3 Å². The minimum atomic E-state index is 0.247. The summed E-state index contributed by atoms with van der Waals surface area (Å²) in [5, 5.41) is 3.50. The van der Waals surface area contributed by atoms with Crippen LogP contribution < -0.4 is 10.2 Å². The number of rotatable bonds is 6. The van der Waals surface area contributed by atoms with E-state index in [4.69, 9.17) is 9.73 Å². The van der Waals surface area contributed by atoms with Gasteiger partial charge in [-0.15, -0.1) is 0 Å². The second-order valence-electron chi connectivity index (χ2n) is 8.61. The third-order valence-corrected chi connectivity index (χ3v) is 6.07. The van der Waals surface area contributed by atoms with E-state index in [1.54, 1.807) is 0 Å². The van der Waals surface area contributed by atoms with Crippen LogP contribution in [-0.2, 0) is 17.7 Å². The predicted octanol–water partition coefficient (Wildman–Crippen LogP) is 3.34. The Kier molecular flexibility index (Phi) is 7.41. The Balaban J connectivity index is 1.38. The normalized spacial score (nSPS) is 22.1. The molecule has 4 rings (SSSR count). The van der Waals surface area contributed by atoms with Gasteiger partial charge in [-0.1, -0.05) is 30.3 Å². The molecule has 0 spiro atoms. The second-order valence-corrected chi connectivity index (χ2v) is 8.61. The fourth-order valence-corrected chi connectivity index (χ4v) is 4.49. The Morgan fingerprint density at radius 2 is 2.03 bits per heavy atom. The van der Waals surface area contributed by atoms with Gasteiger partial charge >= 0.3 is 0 Å². The highest BCUT2D eigenvalue weighted by atomic mass is 16.5. The number of guanidine groups is 1. The number of nitrogens with zero attached hydrogens (tertiary/aromatic N) is 4. The summed E-state index contributed by atoms with van der Waals surface area (Å²) >= 11 is 0. The van der Waals surface area contributed by atoms with Gasteiger partial charge in [0.2, 0.25) is 0 Å². The fourth-order valence-electron chi connectivity index (χ4n) is 4.49. The molecule has 166 valence electrons. The second kappa shape index (κ2) is 10.6. The van der Waals surface area contributed by atoms with Crippen LogP contribution in [0.2, 0.25) is 0 Å². The highest BCUT2D eigenvalue weighted by Gasteiger charge is 2.25. The van der Waals surface area contributed by atoms with Gasteiger partial charge < -0.3 is 19.9 Å². The molecule has 2 aromatic rings. The first-order chi connectivity index (χ1) is 15.2. The van der Waals surface area contributed by atoms with Crippen molar-refractivity contribution in [2.75, 3.05) is 44.2 Å². The van der Waals surface area contributed by atoms with Crippen LogP contribution in [0, 0.1) is 5.92 Å². The summed E-state index contributed by atoms with van der Waals surface area (Å²) in [5.41, 5.74) is 2.62. The Morgan fingerprint density at radius 1 is 1.16 bits per heavy atom. The molecule has 6 nitrogen and oxygen atoms in total. The van der Waals surface area contributed by atoms with Crippen molar-refractivity contribution < 1.29 is 4.74 Å². The Hall–Kier alpha value is -2.60. The van der Waals surface area contributed by atoms with Crippen molar-refractivity contribution in [2.45, 2.75) is 39.3 Å². The number of likely N-dealkylation sites (tertiary alicyclic amines) is 1. The van der Waals surface area contributed by atoms with Gasteiger partial charge in [-0.05, 0) is 55.9 Å². The fraction of sp³-hybridized carbons (Fsp3) is 0.520. The molecule has 1 aromatic heterocycles. The summed E-state index contributed by atoms with van der Waals surface area (Å²) in [5.74, 6) is 2.73. The maximum atomic E-state index is 5.66. The number of aliphatic imine (C=N–C) groups is 1. The van der Waals surface area contributed by atoms with E-state index in [2.05, 4.69) is 76.4 Å². The molecule has 31 heavy (non-hydrogen) atoms. The summed E-state index contributed by atoms with van der Waals surface area (Å²) in [6.45, 7) is 10.5. The smallest absolute Gasteiger partial charge is 0.194 e. The minimum Gasteiger partial charge on any atom is -0.375 e. The van der Waals surface area contributed by atoms with Crippen molar-refractivity contribution in [3.8, 4) is 0 Å². The van der Waals surface area contributed by atoms with Crippen LogP contribution in [0.4, 0.5) is 5.82 Å². The zero-order valence-corrected chi connectivity index (χ0v) is 18.8. The monoisotopic (exact) mass is 421 g/mol. The van der Waals surface area contributed by atoms with Crippen LogP contribution in [0.5, 0.6) is 0 Å². The quantitative estimate of drug-likeness (QED) is 0.573. The number of nitrogens with one attached hydrogen (secondary N) is 1. The molecule has 0 aliphatic carbocycles. The zero-order chi connectivity index (χ0) is 21.5. The maximum Gasteiger partial charge on any atom is 0.194 e. The van der Waals surface area contributed by atoms with Crippen LogP contribution in [0.3, 0.4) is 0 Å². The van der Waals surface area contributed by atoms with Crippen LogP contribution in [0.25, 0.3) is 0 Å². The summed E-state index contributed by atoms with van der Waals surface area (Å²) < 4.78 is 5.66. The summed E-state index contributed by atoms with van der Waals surface area (Å²) in [6, 6.07) is 15.1. The highest BCUT2D eigenvalue weighted by molar-refractivity contribution is 5.80. The average Bonchev–Trinajstić information content (AvgIpc) is 3.26. The standard InChI is InChI=1S/C25H35N5O/c1-3-26-25(30-12-10-23(19-30)15-21-7-5-4-6-8-21)28-17-22-9-11-27-24(16-22)29-13-14-31-20(2)18-29/h4-9,11,16,20,23H,3,10,12-15,17-19H2,1-2H3,(H,26,28). The van der Waals surface area contributed by atoms with E-state index < -0.39 is 0 Å². The summed E-state index contributed by atoms with van der Waals surface area (Å²) in [7, 11) is 0. The SMILES string of the molecule is CCNC(=NCc1ccnc(N2CCOC(C)C2)c1)N1CCC(Cc2ccccc2)C1. The molecule has 2 aliphatic heterocycles. The predicted molar refractivity (Wildman–Crippen MR) is 127 cm³/mol. The Labute approximate surface area is 186 Å². The summed E-state index contributed by atoms with van der Waals surface area (Å²) in [6.07, 6.45) is 4.51. The molecule has 1 aromatic carbocycles. The van der Waals surface area contributed by atoms with Gasteiger partial charge in [0.15, 0.2) is 5.96 Å². The lowest BCUT2D eigenvalue weighted by atomic mass is 9.99.